The Labute approximate surface area is 93.2 Å². The Balaban J connectivity index is 1.90. The van der Waals surface area contributed by atoms with Crippen LogP contribution in [0.3, 0.4) is 0 Å². The van der Waals surface area contributed by atoms with E-state index in [2.05, 4.69) is 22.1 Å². The second-order valence-electron chi connectivity index (χ2n) is 4.30. The van der Waals surface area contributed by atoms with E-state index >= 15 is 0 Å². The highest BCUT2D eigenvalue weighted by atomic mass is 16.5. The van der Waals surface area contributed by atoms with Crippen molar-refractivity contribution >= 4 is 5.97 Å². The lowest BCUT2D eigenvalue weighted by atomic mass is 10.1. The Bertz CT molecular complexity index is 377. The number of likely N-dealkylation sites (tertiary alicyclic amines) is 1. The van der Waals surface area contributed by atoms with E-state index in [0.717, 1.165) is 25.9 Å². The molecule has 0 amide bonds. The number of hydrogen-bond acceptors (Lipinski definition) is 5. The van der Waals surface area contributed by atoms with Crippen molar-refractivity contribution in [1.82, 2.24) is 15.0 Å². The zero-order valence-corrected chi connectivity index (χ0v) is 9.22. The molecule has 0 aliphatic carbocycles. The molecular weight excluding hydrogens is 210 g/mol. The Morgan fingerprint density at radius 2 is 2.50 bits per heavy atom. The zero-order chi connectivity index (χ0) is 11.5. The van der Waals surface area contributed by atoms with E-state index in [1.807, 2.05) is 0 Å². The second-order valence-corrected chi connectivity index (χ2v) is 4.30. The first-order valence-electron chi connectivity index (χ1n) is 5.35. The van der Waals surface area contributed by atoms with Gasteiger partial charge >= 0.3 is 5.97 Å². The molecule has 1 atom stereocenters. The summed E-state index contributed by atoms with van der Waals surface area (Å²) in [6.07, 6.45) is 1.71. The van der Waals surface area contributed by atoms with Crippen LogP contribution in [0.1, 0.15) is 18.1 Å². The van der Waals surface area contributed by atoms with Crippen LogP contribution in [0.2, 0.25) is 0 Å². The highest BCUT2D eigenvalue weighted by Crippen LogP contribution is 2.18. The van der Waals surface area contributed by atoms with Crippen molar-refractivity contribution in [3.8, 4) is 0 Å². The van der Waals surface area contributed by atoms with Gasteiger partial charge in [0.05, 0.1) is 0 Å². The van der Waals surface area contributed by atoms with Gasteiger partial charge in [-0.05, 0) is 25.9 Å². The maximum absolute atomic E-state index is 10.4. The molecule has 0 radical (unpaired) electrons. The van der Waals surface area contributed by atoms with Gasteiger partial charge in [-0.25, -0.2) is 0 Å². The minimum Gasteiger partial charge on any atom is -0.481 e. The predicted molar refractivity (Wildman–Crippen MR) is 54.9 cm³/mol. The molecule has 1 unspecified atom stereocenters. The monoisotopic (exact) mass is 225 g/mol. The van der Waals surface area contributed by atoms with Crippen LogP contribution in [0.4, 0.5) is 0 Å². The molecule has 6 heteroatoms. The highest BCUT2D eigenvalue weighted by molar-refractivity contribution is 5.68. The van der Waals surface area contributed by atoms with Gasteiger partial charge in [0.25, 0.3) is 0 Å². The van der Waals surface area contributed by atoms with Crippen molar-refractivity contribution in [2.24, 2.45) is 5.92 Å². The van der Waals surface area contributed by atoms with E-state index < -0.39 is 5.97 Å². The van der Waals surface area contributed by atoms with Crippen LogP contribution in [0.15, 0.2) is 4.52 Å². The van der Waals surface area contributed by atoms with E-state index in [1.165, 1.54) is 0 Å². The summed E-state index contributed by atoms with van der Waals surface area (Å²) < 4.78 is 5.02. The van der Waals surface area contributed by atoms with E-state index in [-0.39, 0.29) is 12.2 Å². The van der Waals surface area contributed by atoms with Gasteiger partial charge in [-0.2, -0.15) is 4.98 Å². The first-order chi connectivity index (χ1) is 7.63. The van der Waals surface area contributed by atoms with Crippen LogP contribution in [0, 0.1) is 5.92 Å². The summed E-state index contributed by atoms with van der Waals surface area (Å²) in [4.78, 5) is 16.8. The Morgan fingerprint density at radius 1 is 1.69 bits per heavy atom. The van der Waals surface area contributed by atoms with E-state index in [0.29, 0.717) is 11.8 Å². The standard InChI is InChI=1S/C10H15N3O3/c1-13-3-2-7(6-13)4-9-11-8(12-16-9)5-10(14)15/h7H,2-6H2,1H3,(H,14,15). The van der Waals surface area contributed by atoms with Gasteiger partial charge < -0.3 is 14.5 Å². The van der Waals surface area contributed by atoms with Gasteiger partial charge in [-0.3, -0.25) is 4.79 Å². The van der Waals surface area contributed by atoms with Crippen LogP contribution in [-0.4, -0.2) is 46.3 Å². The van der Waals surface area contributed by atoms with E-state index in [9.17, 15) is 4.79 Å². The lowest BCUT2D eigenvalue weighted by Crippen LogP contribution is -2.15. The fraction of sp³-hybridized carbons (Fsp3) is 0.700. The highest BCUT2D eigenvalue weighted by Gasteiger charge is 2.22. The summed E-state index contributed by atoms with van der Waals surface area (Å²) in [6.45, 7) is 2.14. The molecule has 1 aliphatic heterocycles. The van der Waals surface area contributed by atoms with Gasteiger partial charge in [0.15, 0.2) is 5.82 Å². The minimum atomic E-state index is -0.937. The number of aromatic nitrogens is 2. The second kappa shape index (κ2) is 4.61. The van der Waals surface area contributed by atoms with Crippen molar-refractivity contribution in [3.05, 3.63) is 11.7 Å². The fourth-order valence-electron chi connectivity index (χ4n) is 2.02. The summed E-state index contributed by atoms with van der Waals surface area (Å²) in [5.41, 5.74) is 0. The number of carboxylic acid groups (broad SMARTS) is 1. The number of carboxylic acids is 1. The molecule has 88 valence electrons. The predicted octanol–water partition coefficient (Wildman–Crippen LogP) is 0.191. The molecule has 16 heavy (non-hydrogen) atoms. The molecule has 2 rings (SSSR count). The van der Waals surface area contributed by atoms with E-state index in [1.54, 1.807) is 0 Å². The van der Waals surface area contributed by atoms with Crippen LogP contribution < -0.4 is 0 Å². The Kier molecular flexibility index (Phi) is 3.19. The fourth-order valence-corrected chi connectivity index (χ4v) is 2.02. The Morgan fingerprint density at radius 3 is 3.12 bits per heavy atom. The average molecular weight is 225 g/mol. The van der Waals surface area contributed by atoms with Crippen molar-refractivity contribution in [2.45, 2.75) is 19.3 Å². The van der Waals surface area contributed by atoms with Crippen LogP contribution in [0.25, 0.3) is 0 Å². The number of rotatable bonds is 4. The number of aliphatic carboxylic acids is 1. The third-order valence-electron chi connectivity index (χ3n) is 2.77. The number of nitrogens with zero attached hydrogens (tertiary/aromatic N) is 3. The molecule has 2 heterocycles. The van der Waals surface area contributed by atoms with E-state index in [4.69, 9.17) is 9.63 Å². The van der Waals surface area contributed by atoms with Crippen LogP contribution in [0.5, 0.6) is 0 Å². The molecule has 1 N–H and O–H groups in total. The van der Waals surface area contributed by atoms with Crippen LogP contribution in [-0.2, 0) is 17.6 Å². The quantitative estimate of drug-likeness (QED) is 0.788. The van der Waals surface area contributed by atoms with Crippen LogP contribution >= 0.6 is 0 Å². The maximum Gasteiger partial charge on any atom is 0.311 e. The lowest BCUT2D eigenvalue weighted by molar-refractivity contribution is -0.136. The maximum atomic E-state index is 10.4. The van der Waals surface area contributed by atoms with Gasteiger partial charge in [-0.1, -0.05) is 5.16 Å². The third-order valence-corrected chi connectivity index (χ3v) is 2.77. The topological polar surface area (TPSA) is 79.5 Å². The summed E-state index contributed by atoms with van der Waals surface area (Å²) in [6, 6.07) is 0. The van der Waals surface area contributed by atoms with Crippen molar-refractivity contribution < 1.29 is 14.4 Å². The molecular formula is C10H15N3O3. The van der Waals surface area contributed by atoms with Gasteiger partial charge in [0.1, 0.15) is 6.42 Å². The van der Waals surface area contributed by atoms with Gasteiger partial charge in [0.2, 0.25) is 5.89 Å². The largest absolute Gasteiger partial charge is 0.481 e. The molecule has 6 nitrogen and oxygen atoms in total. The summed E-state index contributed by atoms with van der Waals surface area (Å²) in [7, 11) is 2.09. The SMILES string of the molecule is CN1CCC(Cc2nc(CC(=O)O)no2)C1. The van der Waals surface area contributed by atoms with Crippen molar-refractivity contribution in [2.75, 3.05) is 20.1 Å². The summed E-state index contributed by atoms with van der Waals surface area (Å²) >= 11 is 0. The van der Waals surface area contributed by atoms with Crippen molar-refractivity contribution in [1.29, 1.82) is 0 Å². The summed E-state index contributed by atoms with van der Waals surface area (Å²) in [5, 5.41) is 12.2. The molecule has 1 aromatic rings. The number of hydrogen-bond donors (Lipinski definition) is 1. The third kappa shape index (κ3) is 2.79. The molecule has 0 spiro atoms. The zero-order valence-electron chi connectivity index (χ0n) is 9.22. The molecule has 1 aliphatic rings. The average Bonchev–Trinajstić information content (AvgIpc) is 2.76. The minimum absolute atomic E-state index is 0.173. The first-order valence-corrected chi connectivity index (χ1v) is 5.35. The first kappa shape index (κ1) is 11.1. The molecule has 0 aromatic carbocycles. The molecule has 0 saturated carbocycles. The molecule has 1 fully saturated rings. The van der Waals surface area contributed by atoms with Gasteiger partial charge in [0, 0.05) is 13.0 Å². The molecule has 0 bridgehead atoms. The van der Waals surface area contributed by atoms with Crippen molar-refractivity contribution in [3.63, 3.8) is 0 Å². The summed E-state index contributed by atoms with van der Waals surface area (Å²) in [5.74, 6) is 0.418. The number of carbonyl (C=O) groups is 1. The smallest absolute Gasteiger partial charge is 0.311 e. The Hall–Kier alpha value is -1.43. The molecule has 1 saturated heterocycles. The lowest BCUT2D eigenvalue weighted by Gasteiger charge is -2.06. The van der Waals surface area contributed by atoms with Gasteiger partial charge in [-0.15, -0.1) is 0 Å². The molecule has 1 aromatic heterocycles. The normalized spacial score (nSPS) is 21.4.